The molecule has 1 rings (SSSR count). The first-order valence-electron chi connectivity index (χ1n) is 3.37. The molecule has 0 atom stereocenters. The van der Waals surface area contributed by atoms with E-state index in [1.165, 1.54) is 0 Å². The smallest absolute Gasteiger partial charge is 0.198 e. The predicted molar refractivity (Wildman–Crippen MR) is 48.5 cm³/mol. The standard InChI is InChI=1S/C7H6ClN3S/c1-2-5-4(3-9)6(8)11-7(12)10-5/h2H2,1H3,(H,10,11,12). The molecule has 0 fully saturated rings. The second-order valence-corrected chi connectivity index (χ2v) is 2.90. The van der Waals surface area contributed by atoms with Crippen LogP contribution in [0.3, 0.4) is 0 Å². The highest BCUT2D eigenvalue weighted by molar-refractivity contribution is 7.71. The van der Waals surface area contributed by atoms with Crippen molar-refractivity contribution in [1.82, 2.24) is 9.97 Å². The average Bonchev–Trinajstić information content (AvgIpc) is 2.03. The van der Waals surface area contributed by atoms with Crippen LogP contribution in [0, 0.1) is 16.1 Å². The van der Waals surface area contributed by atoms with E-state index in [9.17, 15) is 0 Å². The summed E-state index contributed by atoms with van der Waals surface area (Å²) in [5.74, 6) is 0. The summed E-state index contributed by atoms with van der Waals surface area (Å²) < 4.78 is 0.316. The first-order valence-corrected chi connectivity index (χ1v) is 4.16. The number of nitrogens with one attached hydrogen (secondary N) is 1. The predicted octanol–water partition coefficient (Wildman–Crippen LogP) is 2.23. The maximum Gasteiger partial charge on any atom is 0.198 e. The zero-order chi connectivity index (χ0) is 9.14. The summed E-state index contributed by atoms with van der Waals surface area (Å²) in [4.78, 5) is 6.57. The minimum Gasteiger partial charge on any atom is -0.333 e. The molecule has 0 aromatic carbocycles. The van der Waals surface area contributed by atoms with Crippen LogP contribution in [0.5, 0.6) is 0 Å². The minimum atomic E-state index is 0.179. The van der Waals surface area contributed by atoms with Gasteiger partial charge in [0, 0.05) is 5.69 Å². The Hall–Kier alpha value is -0.920. The molecule has 1 heterocycles. The fourth-order valence-electron chi connectivity index (χ4n) is 0.868. The van der Waals surface area contributed by atoms with E-state index in [4.69, 9.17) is 29.1 Å². The van der Waals surface area contributed by atoms with E-state index in [0.29, 0.717) is 16.8 Å². The number of rotatable bonds is 1. The van der Waals surface area contributed by atoms with E-state index in [1.54, 1.807) is 0 Å². The van der Waals surface area contributed by atoms with Crippen LogP contribution in [0.25, 0.3) is 0 Å². The fourth-order valence-corrected chi connectivity index (χ4v) is 1.37. The summed E-state index contributed by atoms with van der Waals surface area (Å²) in [5, 5.41) is 8.87. The van der Waals surface area contributed by atoms with E-state index >= 15 is 0 Å². The van der Waals surface area contributed by atoms with Gasteiger partial charge in [0.1, 0.15) is 11.6 Å². The largest absolute Gasteiger partial charge is 0.333 e. The molecule has 5 heteroatoms. The molecule has 0 spiro atoms. The molecule has 1 N–H and O–H groups in total. The first kappa shape index (κ1) is 9.17. The van der Waals surface area contributed by atoms with Crippen molar-refractivity contribution in [3.63, 3.8) is 0 Å². The third-order valence-corrected chi connectivity index (χ3v) is 1.90. The van der Waals surface area contributed by atoms with Gasteiger partial charge in [0.2, 0.25) is 0 Å². The Bertz CT molecular complexity index is 391. The molecule has 0 aliphatic rings. The Morgan fingerprint density at radius 2 is 2.42 bits per heavy atom. The summed E-state index contributed by atoms with van der Waals surface area (Å²) in [7, 11) is 0. The quantitative estimate of drug-likeness (QED) is 0.558. The zero-order valence-corrected chi connectivity index (χ0v) is 7.96. The van der Waals surface area contributed by atoms with E-state index in [2.05, 4.69) is 9.97 Å². The summed E-state index contributed by atoms with van der Waals surface area (Å²) in [6, 6.07) is 1.97. The maximum atomic E-state index is 8.69. The number of aromatic amines is 1. The minimum absolute atomic E-state index is 0.179. The van der Waals surface area contributed by atoms with Crippen molar-refractivity contribution in [3.8, 4) is 6.07 Å². The van der Waals surface area contributed by atoms with Crippen molar-refractivity contribution < 1.29 is 0 Å². The molecule has 0 radical (unpaired) electrons. The Morgan fingerprint density at radius 1 is 1.75 bits per heavy atom. The third kappa shape index (κ3) is 1.63. The molecule has 1 aromatic rings. The van der Waals surface area contributed by atoms with Gasteiger partial charge < -0.3 is 4.98 Å². The number of H-pyrrole nitrogens is 1. The Kier molecular flexibility index (Phi) is 2.79. The van der Waals surface area contributed by atoms with Crippen LogP contribution >= 0.6 is 23.8 Å². The van der Waals surface area contributed by atoms with Gasteiger partial charge in [-0.15, -0.1) is 0 Å². The highest BCUT2D eigenvalue weighted by atomic mass is 35.5. The van der Waals surface area contributed by atoms with Gasteiger partial charge in [-0.2, -0.15) is 5.26 Å². The Balaban J connectivity index is 3.47. The molecule has 0 saturated carbocycles. The summed E-state index contributed by atoms with van der Waals surface area (Å²) in [6.45, 7) is 1.91. The lowest BCUT2D eigenvalue weighted by molar-refractivity contribution is 0.973. The highest BCUT2D eigenvalue weighted by Crippen LogP contribution is 2.14. The first-order chi connectivity index (χ1) is 5.69. The van der Waals surface area contributed by atoms with Gasteiger partial charge in [0.15, 0.2) is 9.92 Å². The number of aryl methyl sites for hydroxylation is 1. The monoisotopic (exact) mass is 199 g/mol. The van der Waals surface area contributed by atoms with Gasteiger partial charge in [-0.05, 0) is 18.6 Å². The molecule has 12 heavy (non-hydrogen) atoms. The van der Waals surface area contributed by atoms with Crippen LogP contribution in [0.4, 0.5) is 0 Å². The average molecular weight is 200 g/mol. The van der Waals surface area contributed by atoms with Gasteiger partial charge in [-0.1, -0.05) is 18.5 Å². The molecule has 62 valence electrons. The lowest BCUT2D eigenvalue weighted by Gasteiger charge is -2.00. The molecule has 0 aliphatic carbocycles. The van der Waals surface area contributed by atoms with Crippen molar-refractivity contribution in [1.29, 1.82) is 5.26 Å². The number of nitrogens with zero attached hydrogens (tertiary/aromatic N) is 2. The molecule has 1 aromatic heterocycles. The van der Waals surface area contributed by atoms with Crippen molar-refractivity contribution in [2.24, 2.45) is 0 Å². The second-order valence-electron chi connectivity index (χ2n) is 2.15. The van der Waals surface area contributed by atoms with Crippen LogP contribution in [-0.2, 0) is 6.42 Å². The van der Waals surface area contributed by atoms with Crippen LogP contribution in [0.1, 0.15) is 18.2 Å². The second kappa shape index (κ2) is 3.65. The Morgan fingerprint density at radius 3 is 2.92 bits per heavy atom. The molecular weight excluding hydrogens is 194 g/mol. The molecule has 0 amide bonds. The number of nitriles is 1. The van der Waals surface area contributed by atoms with Crippen molar-refractivity contribution in [2.45, 2.75) is 13.3 Å². The maximum absolute atomic E-state index is 8.69. The van der Waals surface area contributed by atoms with Crippen molar-refractivity contribution in [2.75, 3.05) is 0 Å². The van der Waals surface area contributed by atoms with Gasteiger partial charge >= 0.3 is 0 Å². The molecule has 0 aliphatic heterocycles. The normalized spacial score (nSPS) is 9.42. The van der Waals surface area contributed by atoms with Crippen LogP contribution in [-0.4, -0.2) is 9.97 Å². The topological polar surface area (TPSA) is 52.5 Å². The fraction of sp³-hybridized carbons (Fsp3) is 0.286. The lowest BCUT2D eigenvalue weighted by Crippen LogP contribution is -1.96. The SMILES string of the molecule is CCc1[nH]c(=S)nc(Cl)c1C#N. The zero-order valence-electron chi connectivity index (χ0n) is 6.39. The van der Waals surface area contributed by atoms with Crippen LogP contribution in [0.2, 0.25) is 5.15 Å². The van der Waals surface area contributed by atoms with E-state index < -0.39 is 0 Å². The lowest BCUT2D eigenvalue weighted by atomic mass is 10.2. The number of hydrogen-bond acceptors (Lipinski definition) is 3. The van der Waals surface area contributed by atoms with Gasteiger partial charge in [0.25, 0.3) is 0 Å². The molecule has 0 bridgehead atoms. The van der Waals surface area contributed by atoms with Gasteiger partial charge in [-0.25, -0.2) is 4.98 Å². The highest BCUT2D eigenvalue weighted by Gasteiger charge is 2.06. The molecule has 0 unspecified atom stereocenters. The van der Waals surface area contributed by atoms with Crippen molar-refractivity contribution >= 4 is 23.8 Å². The number of aromatic nitrogens is 2. The molecule has 3 nitrogen and oxygen atoms in total. The van der Waals surface area contributed by atoms with Gasteiger partial charge in [-0.3, -0.25) is 0 Å². The molecule has 0 saturated heterocycles. The van der Waals surface area contributed by atoms with Crippen LogP contribution in [0.15, 0.2) is 0 Å². The molecular formula is C7H6ClN3S. The van der Waals surface area contributed by atoms with Crippen LogP contribution < -0.4 is 0 Å². The number of halogens is 1. The summed E-state index contributed by atoms with van der Waals surface area (Å²) >= 11 is 10.5. The van der Waals surface area contributed by atoms with Gasteiger partial charge in [0.05, 0.1) is 0 Å². The third-order valence-electron chi connectivity index (χ3n) is 1.43. The van der Waals surface area contributed by atoms with Crippen molar-refractivity contribution in [3.05, 3.63) is 21.2 Å². The Labute approximate surface area is 80.0 Å². The number of hydrogen-bond donors (Lipinski definition) is 1. The summed E-state index contributed by atoms with van der Waals surface area (Å²) in [6.07, 6.45) is 0.689. The van der Waals surface area contributed by atoms with E-state index in [0.717, 1.165) is 5.69 Å². The summed E-state index contributed by atoms with van der Waals surface area (Å²) in [5.41, 5.74) is 1.12. The van der Waals surface area contributed by atoms with E-state index in [-0.39, 0.29) is 5.15 Å². The van der Waals surface area contributed by atoms with E-state index in [1.807, 2.05) is 13.0 Å².